The van der Waals surface area contributed by atoms with Crippen LogP contribution in [0.15, 0.2) is 24.3 Å². The lowest BCUT2D eigenvalue weighted by atomic mass is 10.1. The van der Waals surface area contributed by atoms with E-state index < -0.39 is 17.7 Å². The molecule has 0 radical (unpaired) electrons. The SMILES string of the molecule is CCc1ccccc1NC(=O)C(=O)N(CCN)C(C)=O. The van der Waals surface area contributed by atoms with Gasteiger partial charge in [-0.25, -0.2) is 0 Å². The average molecular weight is 277 g/mol. The van der Waals surface area contributed by atoms with Crippen LogP contribution in [0.1, 0.15) is 19.4 Å². The number of imide groups is 1. The van der Waals surface area contributed by atoms with Crippen molar-refractivity contribution >= 4 is 23.4 Å². The highest BCUT2D eigenvalue weighted by molar-refractivity contribution is 6.41. The number of carbonyl (C=O) groups excluding carboxylic acids is 3. The first-order valence-corrected chi connectivity index (χ1v) is 6.42. The quantitative estimate of drug-likeness (QED) is 0.785. The highest BCUT2D eigenvalue weighted by Crippen LogP contribution is 2.15. The number of nitrogens with two attached hydrogens (primary N) is 1. The molecule has 0 aromatic heterocycles. The van der Waals surface area contributed by atoms with Crippen molar-refractivity contribution in [1.29, 1.82) is 0 Å². The average Bonchev–Trinajstić information content (AvgIpc) is 2.44. The zero-order valence-electron chi connectivity index (χ0n) is 11.7. The Bertz CT molecular complexity index is 514. The van der Waals surface area contributed by atoms with Gasteiger partial charge in [0.1, 0.15) is 0 Å². The number of nitrogens with zero attached hydrogens (tertiary/aromatic N) is 1. The van der Waals surface area contributed by atoms with Crippen LogP contribution in [0.2, 0.25) is 0 Å². The van der Waals surface area contributed by atoms with Crippen molar-refractivity contribution < 1.29 is 14.4 Å². The Morgan fingerprint density at radius 1 is 1.25 bits per heavy atom. The summed E-state index contributed by atoms with van der Waals surface area (Å²) in [5, 5.41) is 2.53. The summed E-state index contributed by atoms with van der Waals surface area (Å²) in [6.45, 7) is 3.31. The number of benzene rings is 1. The van der Waals surface area contributed by atoms with Crippen LogP contribution in [-0.2, 0) is 20.8 Å². The Balaban J connectivity index is 2.84. The molecule has 0 heterocycles. The molecule has 0 aliphatic heterocycles. The first kappa shape index (κ1) is 15.8. The molecule has 1 rings (SSSR count). The van der Waals surface area contributed by atoms with Crippen molar-refractivity contribution in [2.45, 2.75) is 20.3 Å². The summed E-state index contributed by atoms with van der Waals surface area (Å²) < 4.78 is 0. The Hall–Kier alpha value is -2.21. The lowest BCUT2D eigenvalue weighted by molar-refractivity contribution is -0.149. The minimum Gasteiger partial charge on any atom is -0.329 e. The Labute approximate surface area is 117 Å². The molecule has 3 N–H and O–H groups in total. The minimum atomic E-state index is -0.895. The summed E-state index contributed by atoms with van der Waals surface area (Å²) in [5.41, 5.74) is 6.82. The summed E-state index contributed by atoms with van der Waals surface area (Å²) >= 11 is 0. The summed E-state index contributed by atoms with van der Waals surface area (Å²) in [7, 11) is 0. The fraction of sp³-hybridized carbons (Fsp3) is 0.357. The number of rotatable bonds is 4. The molecule has 0 saturated carbocycles. The van der Waals surface area contributed by atoms with Crippen LogP contribution in [-0.4, -0.2) is 35.7 Å². The van der Waals surface area contributed by atoms with Crippen LogP contribution in [0.3, 0.4) is 0 Å². The maximum Gasteiger partial charge on any atom is 0.318 e. The number of hydrogen-bond acceptors (Lipinski definition) is 4. The first-order valence-electron chi connectivity index (χ1n) is 6.42. The van der Waals surface area contributed by atoms with Crippen LogP contribution in [0, 0.1) is 0 Å². The van der Waals surface area contributed by atoms with Gasteiger partial charge < -0.3 is 11.1 Å². The zero-order valence-corrected chi connectivity index (χ0v) is 11.7. The van der Waals surface area contributed by atoms with E-state index in [0.29, 0.717) is 5.69 Å². The number of aryl methyl sites for hydroxylation is 1. The van der Waals surface area contributed by atoms with Crippen molar-refractivity contribution in [3.63, 3.8) is 0 Å². The van der Waals surface area contributed by atoms with Gasteiger partial charge in [-0.2, -0.15) is 0 Å². The normalized spacial score (nSPS) is 9.95. The van der Waals surface area contributed by atoms with Gasteiger partial charge in [0.05, 0.1) is 0 Å². The monoisotopic (exact) mass is 277 g/mol. The fourth-order valence-electron chi connectivity index (χ4n) is 1.78. The topological polar surface area (TPSA) is 92.5 Å². The van der Waals surface area contributed by atoms with E-state index in [4.69, 9.17) is 5.73 Å². The molecule has 108 valence electrons. The number of anilines is 1. The highest BCUT2D eigenvalue weighted by atomic mass is 16.2. The van der Waals surface area contributed by atoms with E-state index in [2.05, 4.69) is 5.32 Å². The van der Waals surface area contributed by atoms with Crippen LogP contribution in [0.25, 0.3) is 0 Å². The maximum atomic E-state index is 11.9. The molecule has 0 atom stereocenters. The number of carbonyl (C=O) groups is 3. The third kappa shape index (κ3) is 3.89. The third-order valence-corrected chi connectivity index (χ3v) is 2.82. The molecular formula is C14H19N3O3. The zero-order chi connectivity index (χ0) is 15.1. The molecule has 20 heavy (non-hydrogen) atoms. The van der Waals surface area contributed by atoms with Crippen LogP contribution >= 0.6 is 0 Å². The summed E-state index contributed by atoms with van der Waals surface area (Å²) in [5.74, 6) is -2.23. The van der Waals surface area contributed by atoms with Gasteiger partial charge in [-0.15, -0.1) is 0 Å². The summed E-state index contributed by atoms with van der Waals surface area (Å²) in [4.78, 5) is 36.0. The van der Waals surface area contributed by atoms with E-state index in [1.807, 2.05) is 19.1 Å². The molecule has 0 bridgehead atoms. The second kappa shape index (κ2) is 7.40. The van der Waals surface area contributed by atoms with E-state index in [0.717, 1.165) is 16.9 Å². The van der Waals surface area contributed by atoms with Gasteiger partial charge in [-0.05, 0) is 18.1 Å². The van der Waals surface area contributed by atoms with Crippen molar-refractivity contribution in [2.24, 2.45) is 5.73 Å². The van der Waals surface area contributed by atoms with E-state index in [9.17, 15) is 14.4 Å². The van der Waals surface area contributed by atoms with Crippen molar-refractivity contribution in [3.05, 3.63) is 29.8 Å². The second-order valence-electron chi connectivity index (χ2n) is 4.23. The number of amides is 3. The maximum absolute atomic E-state index is 11.9. The number of nitrogens with one attached hydrogen (secondary N) is 1. The molecule has 3 amide bonds. The first-order chi connectivity index (χ1) is 9.51. The predicted molar refractivity (Wildman–Crippen MR) is 75.9 cm³/mol. The summed E-state index contributed by atoms with van der Waals surface area (Å²) in [6, 6.07) is 7.20. The van der Waals surface area contributed by atoms with E-state index in [-0.39, 0.29) is 13.1 Å². The molecule has 6 nitrogen and oxygen atoms in total. The van der Waals surface area contributed by atoms with Gasteiger partial charge in [0, 0.05) is 25.7 Å². The van der Waals surface area contributed by atoms with Crippen LogP contribution in [0.5, 0.6) is 0 Å². The van der Waals surface area contributed by atoms with Gasteiger partial charge in [0.2, 0.25) is 5.91 Å². The van der Waals surface area contributed by atoms with Crippen molar-refractivity contribution in [3.8, 4) is 0 Å². The van der Waals surface area contributed by atoms with Gasteiger partial charge in [0.15, 0.2) is 0 Å². The minimum absolute atomic E-state index is 0.0248. The van der Waals surface area contributed by atoms with Gasteiger partial charge >= 0.3 is 11.8 Å². The molecule has 0 spiro atoms. The van der Waals surface area contributed by atoms with E-state index in [1.54, 1.807) is 12.1 Å². The third-order valence-electron chi connectivity index (χ3n) is 2.82. The number of hydrogen-bond donors (Lipinski definition) is 2. The molecule has 0 aliphatic rings. The summed E-state index contributed by atoms with van der Waals surface area (Å²) in [6.07, 6.45) is 0.726. The fourth-order valence-corrected chi connectivity index (χ4v) is 1.78. The van der Waals surface area contributed by atoms with Crippen LogP contribution in [0.4, 0.5) is 5.69 Å². The van der Waals surface area contributed by atoms with Crippen LogP contribution < -0.4 is 11.1 Å². The Morgan fingerprint density at radius 3 is 2.45 bits per heavy atom. The highest BCUT2D eigenvalue weighted by Gasteiger charge is 2.24. The van der Waals surface area contributed by atoms with Gasteiger partial charge in [-0.1, -0.05) is 25.1 Å². The molecule has 1 aromatic rings. The molecular weight excluding hydrogens is 258 g/mol. The lowest BCUT2D eigenvalue weighted by Gasteiger charge is -2.18. The van der Waals surface area contributed by atoms with E-state index in [1.165, 1.54) is 6.92 Å². The molecule has 1 aromatic carbocycles. The van der Waals surface area contributed by atoms with E-state index >= 15 is 0 Å². The van der Waals surface area contributed by atoms with Gasteiger partial charge in [-0.3, -0.25) is 19.3 Å². The molecule has 0 unspecified atom stereocenters. The molecule has 0 aliphatic carbocycles. The largest absolute Gasteiger partial charge is 0.329 e. The standard InChI is InChI=1S/C14H19N3O3/c1-3-11-6-4-5-7-12(11)16-13(19)14(20)17(9-8-15)10(2)18/h4-7H,3,8-9,15H2,1-2H3,(H,16,19). The Morgan fingerprint density at radius 2 is 1.90 bits per heavy atom. The number of para-hydroxylation sites is 1. The van der Waals surface area contributed by atoms with Crippen molar-refractivity contribution in [1.82, 2.24) is 4.90 Å². The molecule has 6 heteroatoms. The second-order valence-corrected chi connectivity index (χ2v) is 4.23. The Kier molecular flexibility index (Phi) is 5.86. The lowest BCUT2D eigenvalue weighted by Crippen LogP contribution is -2.44. The smallest absolute Gasteiger partial charge is 0.318 e. The van der Waals surface area contributed by atoms with Crippen molar-refractivity contribution in [2.75, 3.05) is 18.4 Å². The molecule has 0 saturated heterocycles. The predicted octanol–water partition coefficient (Wildman–Crippen LogP) is 0.521. The van der Waals surface area contributed by atoms with Gasteiger partial charge in [0.25, 0.3) is 0 Å². The molecule has 0 fully saturated rings.